The minimum Gasteiger partial charge on any atom is -0.478 e. The van der Waals surface area contributed by atoms with Gasteiger partial charge in [-0.3, -0.25) is 4.79 Å². The van der Waals surface area contributed by atoms with E-state index in [1.54, 1.807) is 23.3 Å². The number of carbonyl (C=O) groups is 2. The minimum atomic E-state index is -0.914. The largest absolute Gasteiger partial charge is 0.478 e. The summed E-state index contributed by atoms with van der Waals surface area (Å²) in [5, 5.41) is 8.02. The number of aliphatic carboxylic acids is 1. The fourth-order valence-corrected chi connectivity index (χ4v) is 1.11. The van der Waals surface area contributed by atoms with Gasteiger partial charge in [-0.1, -0.05) is 24.8 Å². The molecule has 4 heteroatoms. The van der Waals surface area contributed by atoms with E-state index >= 15 is 0 Å². The maximum atomic E-state index is 10.7. The molecule has 0 aliphatic carbocycles. The molecule has 16 heavy (non-hydrogen) atoms. The van der Waals surface area contributed by atoms with Crippen LogP contribution in [0.15, 0.2) is 37.1 Å². The van der Waals surface area contributed by atoms with Crippen LogP contribution in [0.5, 0.6) is 0 Å². The van der Waals surface area contributed by atoms with Crippen molar-refractivity contribution < 1.29 is 14.7 Å². The van der Waals surface area contributed by atoms with Crippen LogP contribution in [0.2, 0.25) is 0 Å². The maximum Gasteiger partial charge on any atom is 0.328 e. The molecule has 1 aliphatic heterocycles. The number of allylic oxidation sites excluding steroid dienone is 3. The van der Waals surface area contributed by atoms with Gasteiger partial charge < -0.3 is 10.0 Å². The van der Waals surface area contributed by atoms with Gasteiger partial charge in [0, 0.05) is 19.0 Å². The Labute approximate surface area is 95.6 Å². The van der Waals surface area contributed by atoms with Gasteiger partial charge in [0.25, 0.3) is 0 Å². The molecule has 88 valence electrons. The Bertz CT molecular complexity index is 305. The molecule has 0 unspecified atom stereocenters. The molecular formula is C12H17NO3. The van der Waals surface area contributed by atoms with Crippen molar-refractivity contribution in [3.8, 4) is 0 Å². The Morgan fingerprint density at radius 1 is 1.50 bits per heavy atom. The lowest BCUT2D eigenvalue weighted by Crippen LogP contribution is -2.16. The fraction of sp³-hybridized carbons (Fsp3) is 0.333. The molecule has 1 rings (SSSR count). The minimum absolute atomic E-state index is 0.208. The molecule has 0 bridgehead atoms. The van der Waals surface area contributed by atoms with Crippen molar-refractivity contribution in [2.24, 2.45) is 0 Å². The summed E-state index contributed by atoms with van der Waals surface area (Å²) in [5.41, 5.74) is 0. The summed E-state index contributed by atoms with van der Waals surface area (Å²) < 4.78 is 0. The van der Waals surface area contributed by atoms with E-state index in [4.69, 9.17) is 5.11 Å². The van der Waals surface area contributed by atoms with E-state index in [0.29, 0.717) is 6.42 Å². The molecule has 1 saturated heterocycles. The Hall–Kier alpha value is -1.84. The molecule has 4 nitrogen and oxygen atoms in total. The number of hydrogen-bond donors (Lipinski definition) is 1. The monoisotopic (exact) mass is 223 g/mol. The van der Waals surface area contributed by atoms with Crippen molar-refractivity contribution in [3.05, 3.63) is 37.1 Å². The average molecular weight is 223 g/mol. The first kappa shape index (κ1) is 14.2. The van der Waals surface area contributed by atoms with Gasteiger partial charge in [-0.2, -0.15) is 0 Å². The highest BCUT2D eigenvalue weighted by atomic mass is 16.4. The standard InChI is InChI=1S/C6H9NO.C6H8O2/c1-2-7-5-3-4-6(7)8;1-2-3-4-5-6(7)8/h2H,1,3-5H2;2-5H,1H3,(H,7,8)/b;3-2+,5-4+. The molecule has 1 amide bonds. The first-order valence-electron chi connectivity index (χ1n) is 5.06. The maximum absolute atomic E-state index is 10.7. The molecule has 0 atom stereocenters. The van der Waals surface area contributed by atoms with E-state index in [9.17, 15) is 9.59 Å². The van der Waals surface area contributed by atoms with Crippen LogP contribution in [-0.4, -0.2) is 28.4 Å². The topological polar surface area (TPSA) is 57.6 Å². The molecule has 1 aliphatic rings. The SMILES string of the molecule is C/C=C/C=C/C(=O)O.C=CN1CCCC1=O. The first-order chi connectivity index (χ1) is 7.61. The highest BCUT2D eigenvalue weighted by Crippen LogP contribution is 2.08. The van der Waals surface area contributed by atoms with Crippen molar-refractivity contribution in [1.82, 2.24) is 4.90 Å². The van der Waals surface area contributed by atoms with E-state index in [-0.39, 0.29) is 5.91 Å². The molecule has 0 saturated carbocycles. The van der Waals surface area contributed by atoms with Crippen molar-refractivity contribution >= 4 is 11.9 Å². The van der Waals surface area contributed by atoms with Gasteiger partial charge in [0.2, 0.25) is 5.91 Å². The molecule has 0 aromatic carbocycles. The van der Waals surface area contributed by atoms with Crippen LogP contribution in [-0.2, 0) is 9.59 Å². The van der Waals surface area contributed by atoms with Crippen LogP contribution in [0.1, 0.15) is 19.8 Å². The van der Waals surface area contributed by atoms with Gasteiger partial charge in [-0.15, -0.1) is 0 Å². The molecule has 1 heterocycles. The van der Waals surface area contributed by atoms with E-state index in [1.165, 1.54) is 6.08 Å². The third kappa shape index (κ3) is 6.59. The third-order valence-corrected chi connectivity index (χ3v) is 1.87. The second-order valence-electron chi connectivity index (χ2n) is 3.10. The van der Waals surface area contributed by atoms with Crippen molar-refractivity contribution in [2.75, 3.05) is 6.54 Å². The predicted molar refractivity (Wildman–Crippen MR) is 62.7 cm³/mol. The lowest BCUT2D eigenvalue weighted by molar-refractivity contribution is -0.131. The van der Waals surface area contributed by atoms with Crippen LogP contribution in [0.25, 0.3) is 0 Å². The molecular weight excluding hydrogens is 206 g/mol. The Balaban J connectivity index is 0.000000281. The van der Waals surface area contributed by atoms with Gasteiger partial charge >= 0.3 is 5.97 Å². The Morgan fingerprint density at radius 3 is 2.50 bits per heavy atom. The molecule has 1 fully saturated rings. The number of hydrogen-bond acceptors (Lipinski definition) is 2. The summed E-state index contributed by atoms with van der Waals surface area (Å²) in [6, 6.07) is 0. The van der Waals surface area contributed by atoms with Gasteiger partial charge in [0.1, 0.15) is 0 Å². The number of likely N-dealkylation sites (tertiary alicyclic amines) is 1. The number of carboxylic acid groups (broad SMARTS) is 1. The Morgan fingerprint density at radius 2 is 2.19 bits per heavy atom. The summed E-state index contributed by atoms with van der Waals surface area (Å²) in [5.74, 6) is -0.705. The van der Waals surface area contributed by atoms with Crippen LogP contribution in [0, 0.1) is 0 Å². The highest BCUT2D eigenvalue weighted by molar-refractivity contribution is 5.80. The molecule has 0 aromatic rings. The summed E-state index contributed by atoms with van der Waals surface area (Å²) in [6.45, 7) is 6.19. The summed E-state index contributed by atoms with van der Waals surface area (Å²) >= 11 is 0. The quantitative estimate of drug-likeness (QED) is 0.587. The van der Waals surface area contributed by atoms with Gasteiger partial charge in [-0.25, -0.2) is 4.79 Å². The van der Waals surface area contributed by atoms with Crippen molar-refractivity contribution in [3.63, 3.8) is 0 Å². The predicted octanol–water partition coefficient (Wildman–Crippen LogP) is 1.96. The van der Waals surface area contributed by atoms with Gasteiger partial charge in [0.05, 0.1) is 0 Å². The molecule has 0 radical (unpaired) electrons. The number of carbonyl (C=O) groups excluding carboxylic acids is 1. The van der Waals surface area contributed by atoms with Crippen LogP contribution in [0.3, 0.4) is 0 Å². The molecule has 1 N–H and O–H groups in total. The normalized spacial score (nSPS) is 15.3. The van der Waals surface area contributed by atoms with Gasteiger partial charge in [-0.05, 0) is 19.5 Å². The summed E-state index contributed by atoms with van der Waals surface area (Å²) in [4.78, 5) is 22.1. The number of carboxylic acids is 1. The van der Waals surface area contributed by atoms with E-state index in [0.717, 1.165) is 19.0 Å². The first-order valence-corrected chi connectivity index (χ1v) is 5.06. The van der Waals surface area contributed by atoms with E-state index < -0.39 is 5.97 Å². The lowest BCUT2D eigenvalue weighted by atomic mass is 10.4. The lowest BCUT2D eigenvalue weighted by Gasteiger charge is -2.05. The van der Waals surface area contributed by atoms with Crippen LogP contribution in [0.4, 0.5) is 0 Å². The zero-order valence-corrected chi connectivity index (χ0v) is 9.43. The van der Waals surface area contributed by atoms with E-state index in [1.807, 2.05) is 6.92 Å². The zero-order valence-electron chi connectivity index (χ0n) is 9.43. The van der Waals surface area contributed by atoms with Crippen molar-refractivity contribution in [2.45, 2.75) is 19.8 Å². The summed E-state index contributed by atoms with van der Waals surface area (Å²) in [7, 11) is 0. The Kier molecular flexibility index (Phi) is 7.49. The van der Waals surface area contributed by atoms with Crippen LogP contribution >= 0.6 is 0 Å². The van der Waals surface area contributed by atoms with Crippen molar-refractivity contribution in [1.29, 1.82) is 0 Å². The van der Waals surface area contributed by atoms with E-state index in [2.05, 4.69) is 6.58 Å². The highest BCUT2D eigenvalue weighted by Gasteiger charge is 2.15. The van der Waals surface area contributed by atoms with Gasteiger partial charge in [0.15, 0.2) is 0 Å². The molecule has 0 spiro atoms. The number of amides is 1. The zero-order chi connectivity index (χ0) is 12.4. The smallest absolute Gasteiger partial charge is 0.328 e. The average Bonchev–Trinajstić information content (AvgIpc) is 2.65. The second-order valence-corrected chi connectivity index (χ2v) is 3.10. The summed E-state index contributed by atoms with van der Waals surface area (Å²) in [6.07, 6.45) is 9.27. The molecule has 0 aromatic heterocycles. The fourth-order valence-electron chi connectivity index (χ4n) is 1.11. The third-order valence-electron chi connectivity index (χ3n) is 1.87. The van der Waals surface area contributed by atoms with Crippen LogP contribution < -0.4 is 0 Å². The number of nitrogens with zero attached hydrogens (tertiary/aromatic N) is 1. The number of rotatable bonds is 3. The second kappa shape index (κ2) is 8.47.